The van der Waals surface area contributed by atoms with Gasteiger partial charge in [0.25, 0.3) is 5.91 Å². The lowest BCUT2D eigenvalue weighted by Crippen LogP contribution is -2.37. The van der Waals surface area contributed by atoms with Crippen LogP contribution in [0.2, 0.25) is 0 Å². The summed E-state index contributed by atoms with van der Waals surface area (Å²) in [7, 11) is 0. The molecule has 0 fully saturated rings. The summed E-state index contributed by atoms with van der Waals surface area (Å²) in [5.74, 6) is -0.0755. The number of carbonyl (C=O) groups is 2. The summed E-state index contributed by atoms with van der Waals surface area (Å²) >= 11 is 1.59. The number of para-hydroxylation sites is 1. The van der Waals surface area contributed by atoms with Crippen LogP contribution in [0.5, 0.6) is 5.75 Å². The van der Waals surface area contributed by atoms with Gasteiger partial charge in [0.05, 0.1) is 24.4 Å². The van der Waals surface area contributed by atoms with E-state index in [2.05, 4.69) is 46.8 Å². The van der Waals surface area contributed by atoms with Gasteiger partial charge in [0, 0.05) is 23.9 Å². The molecule has 0 aliphatic rings. The third-order valence-electron chi connectivity index (χ3n) is 4.39. The normalized spacial score (nSPS) is 10.5. The predicted octanol–water partition coefficient (Wildman–Crippen LogP) is 3.61. The van der Waals surface area contributed by atoms with Gasteiger partial charge in [0.15, 0.2) is 0 Å². The first-order chi connectivity index (χ1) is 14.6. The van der Waals surface area contributed by atoms with Gasteiger partial charge in [-0.2, -0.15) is 0 Å². The number of hydrogen-bond acceptors (Lipinski definition) is 5. The molecule has 3 rings (SSSR count). The smallest absolute Gasteiger partial charge is 0.255 e. The number of nitrogens with zero attached hydrogens (tertiary/aromatic N) is 1. The van der Waals surface area contributed by atoms with Gasteiger partial charge in [-0.15, -0.1) is 11.3 Å². The van der Waals surface area contributed by atoms with Gasteiger partial charge in [0.2, 0.25) is 5.91 Å². The van der Waals surface area contributed by atoms with Crippen molar-refractivity contribution in [3.05, 3.63) is 70.7 Å². The number of nitrogens with one attached hydrogen (secondary N) is 2. The van der Waals surface area contributed by atoms with E-state index in [9.17, 15) is 9.59 Å². The van der Waals surface area contributed by atoms with Crippen LogP contribution in [-0.4, -0.2) is 36.5 Å². The fraction of sp³-hybridized carbons (Fsp3) is 0.261. The Bertz CT molecular complexity index is 999. The summed E-state index contributed by atoms with van der Waals surface area (Å²) < 4.78 is 5.45. The van der Waals surface area contributed by atoms with Gasteiger partial charge in [-0.3, -0.25) is 9.59 Å². The Kier molecular flexibility index (Phi) is 7.57. The zero-order chi connectivity index (χ0) is 21.3. The molecule has 6 nitrogen and oxygen atoms in total. The minimum absolute atomic E-state index is 0.0923. The lowest BCUT2D eigenvalue weighted by Gasteiger charge is -2.10. The second kappa shape index (κ2) is 10.5. The van der Waals surface area contributed by atoms with Gasteiger partial charge < -0.3 is 15.4 Å². The van der Waals surface area contributed by atoms with Gasteiger partial charge in [0.1, 0.15) is 10.8 Å². The SMILES string of the molecule is CCOc1ccccc1C(=O)NCC(=O)NCCc1csc(-c2ccc(C)cc2)n1. The molecular weight excluding hydrogens is 398 g/mol. The van der Waals surface area contributed by atoms with Crippen molar-refractivity contribution in [2.45, 2.75) is 20.3 Å². The van der Waals surface area contributed by atoms with Gasteiger partial charge in [-0.05, 0) is 26.0 Å². The summed E-state index contributed by atoms with van der Waals surface area (Å²) in [5.41, 5.74) is 3.66. The second-order valence-corrected chi connectivity index (χ2v) is 7.58. The maximum atomic E-state index is 12.3. The first-order valence-corrected chi connectivity index (χ1v) is 10.7. The topological polar surface area (TPSA) is 80.3 Å². The largest absolute Gasteiger partial charge is 0.493 e. The molecule has 0 saturated heterocycles. The Hall–Kier alpha value is -3.19. The van der Waals surface area contributed by atoms with Crippen LogP contribution in [-0.2, 0) is 11.2 Å². The highest BCUT2D eigenvalue weighted by molar-refractivity contribution is 7.13. The fourth-order valence-electron chi connectivity index (χ4n) is 2.83. The van der Waals surface area contributed by atoms with E-state index >= 15 is 0 Å². The van der Waals surface area contributed by atoms with Crippen LogP contribution in [0, 0.1) is 6.92 Å². The molecule has 2 amide bonds. The molecule has 2 aromatic carbocycles. The molecule has 7 heteroatoms. The molecule has 0 saturated carbocycles. The molecule has 0 aliphatic carbocycles. The minimum Gasteiger partial charge on any atom is -0.493 e. The van der Waals surface area contributed by atoms with Crippen molar-refractivity contribution in [3.8, 4) is 16.3 Å². The number of hydrogen-bond donors (Lipinski definition) is 2. The third kappa shape index (κ3) is 5.90. The van der Waals surface area contributed by atoms with Crippen LogP contribution in [0.15, 0.2) is 53.9 Å². The van der Waals surface area contributed by atoms with E-state index in [0.29, 0.717) is 30.9 Å². The number of carbonyl (C=O) groups excluding carboxylic acids is 2. The molecule has 0 spiro atoms. The second-order valence-electron chi connectivity index (χ2n) is 6.72. The van der Waals surface area contributed by atoms with Crippen molar-refractivity contribution >= 4 is 23.2 Å². The quantitative estimate of drug-likeness (QED) is 0.551. The van der Waals surface area contributed by atoms with Crippen LogP contribution in [0.1, 0.15) is 28.5 Å². The van der Waals surface area contributed by atoms with Crippen LogP contribution in [0.25, 0.3) is 10.6 Å². The average Bonchev–Trinajstić information content (AvgIpc) is 3.22. The van der Waals surface area contributed by atoms with Crippen molar-refractivity contribution < 1.29 is 14.3 Å². The third-order valence-corrected chi connectivity index (χ3v) is 5.33. The summed E-state index contributed by atoms with van der Waals surface area (Å²) in [6.45, 7) is 4.74. The highest BCUT2D eigenvalue weighted by Gasteiger charge is 2.13. The Morgan fingerprint density at radius 3 is 2.60 bits per heavy atom. The number of ether oxygens (including phenoxy) is 1. The van der Waals surface area contributed by atoms with Crippen molar-refractivity contribution in [2.75, 3.05) is 19.7 Å². The van der Waals surface area contributed by atoms with Crippen molar-refractivity contribution in [1.82, 2.24) is 15.6 Å². The van der Waals surface area contributed by atoms with E-state index in [0.717, 1.165) is 16.3 Å². The Balaban J connectivity index is 1.43. The lowest BCUT2D eigenvalue weighted by atomic mass is 10.2. The van der Waals surface area contributed by atoms with Crippen LogP contribution in [0.4, 0.5) is 0 Å². The fourth-order valence-corrected chi connectivity index (χ4v) is 3.69. The average molecular weight is 424 g/mol. The van der Waals surface area contributed by atoms with E-state index in [1.807, 2.05) is 12.3 Å². The predicted molar refractivity (Wildman–Crippen MR) is 119 cm³/mol. The van der Waals surface area contributed by atoms with Crippen LogP contribution in [0.3, 0.4) is 0 Å². The van der Waals surface area contributed by atoms with Crippen molar-refractivity contribution in [2.24, 2.45) is 0 Å². The Morgan fingerprint density at radius 1 is 1.07 bits per heavy atom. The zero-order valence-electron chi connectivity index (χ0n) is 17.1. The monoisotopic (exact) mass is 423 g/mol. The van der Waals surface area contributed by atoms with Crippen LogP contribution >= 0.6 is 11.3 Å². The lowest BCUT2D eigenvalue weighted by molar-refractivity contribution is -0.120. The molecule has 1 heterocycles. The summed E-state index contributed by atoms with van der Waals surface area (Å²) in [5, 5.41) is 8.42. The molecule has 0 radical (unpaired) electrons. The molecule has 0 aliphatic heterocycles. The maximum Gasteiger partial charge on any atom is 0.255 e. The molecule has 30 heavy (non-hydrogen) atoms. The zero-order valence-corrected chi connectivity index (χ0v) is 17.9. The molecule has 156 valence electrons. The van der Waals surface area contributed by atoms with Gasteiger partial charge >= 0.3 is 0 Å². The Morgan fingerprint density at radius 2 is 1.83 bits per heavy atom. The number of benzene rings is 2. The van der Waals surface area contributed by atoms with E-state index in [1.165, 1.54) is 5.56 Å². The number of thiazole rings is 1. The number of aromatic nitrogens is 1. The van der Waals surface area contributed by atoms with Gasteiger partial charge in [-0.25, -0.2) is 4.98 Å². The number of rotatable bonds is 9. The molecule has 0 atom stereocenters. The van der Waals surface area contributed by atoms with Crippen molar-refractivity contribution in [3.63, 3.8) is 0 Å². The molecule has 3 aromatic rings. The molecule has 0 unspecified atom stereocenters. The Labute approximate surface area is 180 Å². The van der Waals surface area contributed by atoms with E-state index in [4.69, 9.17) is 4.74 Å². The van der Waals surface area contributed by atoms with Gasteiger partial charge in [-0.1, -0.05) is 42.0 Å². The van der Waals surface area contributed by atoms with Crippen molar-refractivity contribution in [1.29, 1.82) is 0 Å². The first kappa shape index (κ1) is 21.5. The number of amides is 2. The number of aryl methyl sites for hydroxylation is 1. The molecule has 2 N–H and O–H groups in total. The van der Waals surface area contributed by atoms with E-state index in [-0.39, 0.29) is 18.4 Å². The van der Waals surface area contributed by atoms with Crippen LogP contribution < -0.4 is 15.4 Å². The highest BCUT2D eigenvalue weighted by atomic mass is 32.1. The molecule has 1 aromatic heterocycles. The molecule has 0 bridgehead atoms. The highest BCUT2D eigenvalue weighted by Crippen LogP contribution is 2.24. The summed E-state index contributed by atoms with van der Waals surface area (Å²) in [6.07, 6.45) is 0.634. The first-order valence-electron chi connectivity index (χ1n) is 9.85. The maximum absolute atomic E-state index is 12.3. The van der Waals surface area contributed by atoms with E-state index in [1.54, 1.807) is 35.6 Å². The standard InChI is InChI=1S/C23H25N3O3S/c1-3-29-20-7-5-4-6-19(20)22(28)25-14-21(27)24-13-12-18-15-30-23(26-18)17-10-8-16(2)9-11-17/h4-11,15H,3,12-14H2,1-2H3,(H,24,27)(H,25,28). The summed E-state index contributed by atoms with van der Waals surface area (Å²) in [6, 6.07) is 15.2. The minimum atomic E-state index is -0.337. The van der Waals surface area contributed by atoms with E-state index < -0.39 is 0 Å². The molecular formula is C23H25N3O3S. The summed E-state index contributed by atoms with van der Waals surface area (Å²) in [4.78, 5) is 29.0.